The molecule has 1 fully saturated rings. The number of rotatable bonds is 5. The molecule has 1 aromatic heterocycles. The standard InChI is InChI=1S/C16H29N3/c1-5-14-10-15(19(4)18-14)11-16(17-3)13-8-6-12(2)7-9-13/h10,12-13,16-17H,5-9,11H2,1-4H3. The average Bonchev–Trinajstić information content (AvgIpc) is 2.78. The van der Waals surface area contributed by atoms with E-state index in [4.69, 9.17) is 0 Å². The lowest BCUT2D eigenvalue weighted by Gasteiger charge is -2.32. The number of nitrogens with one attached hydrogen (secondary N) is 1. The number of aromatic nitrogens is 2. The SMILES string of the molecule is CCc1cc(CC(NC)C2CCC(C)CC2)n(C)n1. The monoisotopic (exact) mass is 263 g/mol. The third-order valence-electron chi connectivity index (χ3n) is 4.82. The van der Waals surface area contributed by atoms with Crippen molar-refractivity contribution in [1.82, 2.24) is 15.1 Å². The lowest BCUT2D eigenvalue weighted by molar-refractivity contribution is 0.233. The number of aryl methyl sites for hydroxylation is 2. The highest BCUT2D eigenvalue weighted by Crippen LogP contribution is 2.31. The molecule has 1 atom stereocenters. The molecule has 1 aromatic rings. The summed E-state index contributed by atoms with van der Waals surface area (Å²) in [7, 11) is 4.18. The lowest BCUT2D eigenvalue weighted by Crippen LogP contribution is -2.38. The molecule has 1 heterocycles. The first kappa shape index (κ1) is 14.6. The Balaban J connectivity index is 2.00. The van der Waals surface area contributed by atoms with Crippen molar-refractivity contribution in [2.75, 3.05) is 7.05 Å². The van der Waals surface area contributed by atoms with Crippen LogP contribution in [0.3, 0.4) is 0 Å². The third-order valence-corrected chi connectivity index (χ3v) is 4.82. The van der Waals surface area contributed by atoms with E-state index < -0.39 is 0 Å². The third kappa shape index (κ3) is 3.59. The normalized spacial score (nSPS) is 25.5. The molecule has 19 heavy (non-hydrogen) atoms. The number of hydrogen-bond donors (Lipinski definition) is 1. The molecule has 3 nitrogen and oxygen atoms in total. The second kappa shape index (κ2) is 6.56. The van der Waals surface area contributed by atoms with Crippen molar-refractivity contribution in [1.29, 1.82) is 0 Å². The maximum atomic E-state index is 4.56. The molecule has 108 valence electrons. The minimum absolute atomic E-state index is 0.604. The Morgan fingerprint density at radius 1 is 1.37 bits per heavy atom. The second-order valence-electron chi connectivity index (χ2n) is 6.22. The van der Waals surface area contributed by atoms with Gasteiger partial charge in [0.25, 0.3) is 0 Å². The van der Waals surface area contributed by atoms with Gasteiger partial charge in [-0.05, 0) is 44.2 Å². The first-order valence-electron chi connectivity index (χ1n) is 7.83. The zero-order chi connectivity index (χ0) is 13.8. The largest absolute Gasteiger partial charge is 0.316 e. The van der Waals surface area contributed by atoms with Crippen molar-refractivity contribution in [2.45, 2.75) is 58.4 Å². The van der Waals surface area contributed by atoms with Gasteiger partial charge in [-0.3, -0.25) is 4.68 Å². The first-order valence-corrected chi connectivity index (χ1v) is 7.83. The van der Waals surface area contributed by atoms with Crippen LogP contribution in [0.5, 0.6) is 0 Å². The van der Waals surface area contributed by atoms with Gasteiger partial charge in [0.05, 0.1) is 5.69 Å². The molecule has 0 bridgehead atoms. The molecule has 0 saturated heterocycles. The number of likely N-dealkylation sites (N-methyl/N-ethyl adjacent to an activating group) is 1. The van der Waals surface area contributed by atoms with Crippen LogP contribution in [0, 0.1) is 11.8 Å². The highest BCUT2D eigenvalue weighted by atomic mass is 15.3. The van der Waals surface area contributed by atoms with E-state index in [0.717, 1.165) is 24.7 Å². The summed E-state index contributed by atoms with van der Waals surface area (Å²) in [4.78, 5) is 0. The Bertz CT molecular complexity index is 389. The maximum absolute atomic E-state index is 4.56. The summed E-state index contributed by atoms with van der Waals surface area (Å²) >= 11 is 0. The molecule has 0 aliphatic heterocycles. The molecule has 2 rings (SSSR count). The Morgan fingerprint density at radius 3 is 2.58 bits per heavy atom. The molecule has 1 saturated carbocycles. The molecular formula is C16H29N3. The number of nitrogens with zero attached hydrogens (tertiary/aromatic N) is 2. The van der Waals surface area contributed by atoms with Crippen LogP contribution in [0.15, 0.2) is 6.07 Å². The molecule has 0 amide bonds. The van der Waals surface area contributed by atoms with Crippen molar-refractivity contribution in [3.05, 3.63) is 17.5 Å². The van der Waals surface area contributed by atoms with Crippen molar-refractivity contribution < 1.29 is 0 Å². The van der Waals surface area contributed by atoms with E-state index in [2.05, 4.69) is 49.1 Å². The minimum Gasteiger partial charge on any atom is -0.316 e. The van der Waals surface area contributed by atoms with Crippen molar-refractivity contribution >= 4 is 0 Å². The summed E-state index contributed by atoms with van der Waals surface area (Å²) in [6.07, 6.45) is 7.69. The predicted molar refractivity (Wildman–Crippen MR) is 80.3 cm³/mol. The molecule has 0 aromatic carbocycles. The van der Waals surface area contributed by atoms with E-state index in [9.17, 15) is 0 Å². The molecule has 3 heteroatoms. The van der Waals surface area contributed by atoms with Crippen molar-refractivity contribution in [3.63, 3.8) is 0 Å². The fourth-order valence-electron chi connectivity index (χ4n) is 3.35. The molecule has 1 aliphatic rings. The quantitative estimate of drug-likeness (QED) is 0.885. The van der Waals surface area contributed by atoms with Gasteiger partial charge in [0.1, 0.15) is 0 Å². The van der Waals surface area contributed by atoms with E-state index >= 15 is 0 Å². The van der Waals surface area contributed by atoms with Crippen molar-refractivity contribution in [2.24, 2.45) is 18.9 Å². The van der Waals surface area contributed by atoms with E-state index in [1.165, 1.54) is 37.1 Å². The van der Waals surface area contributed by atoms with Gasteiger partial charge >= 0.3 is 0 Å². The molecular weight excluding hydrogens is 234 g/mol. The van der Waals surface area contributed by atoms with Gasteiger partial charge in [0.2, 0.25) is 0 Å². The Hall–Kier alpha value is -0.830. The Kier molecular flexibility index (Phi) is 5.03. The van der Waals surface area contributed by atoms with Gasteiger partial charge in [-0.25, -0.2) is 0 Å². The van der Waals surface area contributed by atoms with Crippen LogP contribution in [0.1, 0.15) is 50.9 Å². The summed E-state index contributed by atoms with van der Waals surface area (Å²) in [6.45, 7) is 4.56. The van der Waals surface area contributed by atoms with Crippen LogP contribution in [0.25, 0.3) is 0 Å². The Morgan fingerprint density at radius 2 is 2.05 bits per heavy atom. The fourth-order valence-corrected chi connectivity index (χ4v) is 3.35. The zero-order valence-corrected chi connectivity index (χ0v) is 12.9. The molecule has 1 unspecified atom stereocenters. The summed E-state index contributed by atoms with van der Waals surface area (Å²) in [6, 6.07) is 2.88. The highest BCUT2D eigenvalue weighted by molar-refractivity contribution is 5.12. The highest BCUT2D eigenvalue weighted by Gasteiger charge is 2.26. The van der Waals surface area contributed by atoms with Crippen LogP contribution in [-0.2, 0) is 19.9 Å². The van der Waals surface area contributed by atoms with Gasteiger partial charge in [-0.15, -0.1) is 0 Å². The van der Waals surface area contributed by atoms with Gasteiger partial charge < -0.3 is 5.32 Å². The van der Waals surface area contributed by atoms with E-state index in [0.29, 0.717) is 6.04 Å². The van der Waals surface area contributed by atoms with E-state index in [1.807, 2.05) is 0 Å². The minimum atomic E-state index is 0.604. The Labute approximate surface area is 117 Å². The summed E-state index contributed by atoms with van der Waals surface area (Å²) in [5.41, 5.74) is 2.58. The molecule has 0 radical (unpaired) electrons. The molecule has 0 spiro atoms. The zero-order valence-electron chi connectivity index (χ0n) is 12.9. The summed E-state index contributed by atoms with van der Waals surface area (Å²) < 4.78 is 2.06. The van der Waals surface area contributed by atoms with Crippen molar-refractivity contribution in [3.8, 4) is 0 Å². The first-order chi connectivity index (χ1) is 9.13. The second-order valence-corrected chi connectivity index (χ2v) is 6.22. The summed E-state index contributed by atoms with van der Waals surface area (Å²) in [5, 5.41) is 8.11. The van der Waals surface area contributed by atoms with E-state index in [-0.39, 0.29) is 0 Å². The van der Waals surface area contributed by atoms with Crippen LogP contribution in [-0.4, -0.2) is 22.9 Å². The van der Waals surface area contributed by atoms with Crippen LogP contribution in [0.4, 0.5) is 0 Å². The van der Waals surface area contributed by atoms with Gasteiger partial charge in [-0.1, -0.05) is 26.7 Å². The van der Waals surface area contributed by atoms with E-state index in [1.54, 1.807) is 0 Å². The summed E-state index contributed by atoms with van der Waals surface area (Å²) in [5.74, 6) is 1.76. The van der Waals surface area contributed by atoms with Gasteiger partial charge in [-0.2, -0.15) is 5.10 Å². The van der Waals surface area contributed by atoms with Crippen LogP contribution in [0.2, 0.25) is 0 Å². The predicted octanol–water partition coefficient (Wildman–Crippen LogP) is 2.94. The topological polar surface area (TPSA) is 29.9 Å². The van der Waals surface area contributed by atoms with Gasteiger partial charge in [0.15, 0.2) is 0 Å². The van der Waals surface area contributed by atoms with Crippen LogP contribution >= 0.6 is 0 Å². The number of hydrogen-bond acceptors (Lipinski definition) is 2. The molecule has 1 aliphatic carbocycles. The average molecular weight is 263 g/mol. The fraction of sp³-hybridized carbons (Fsp3) is 0.812. The van der Waals surface area contributed by atoms with Gasteiger partial charge in [0, 0.05) is 25.2 Å². The van der Waals surface area contributed by atoms with Crippen LogP contribution < -0.4 is 5.32 Å². The smallest absolute Gasteiger partial charge is 0.0624 e. The molecule has 1 N–H and O–H groups in total. The maximum Gasteiger partial charge on any atom is 0.0624 e. The lowest BCUT2D eigenvalue weighted by atomic mass is 9.78.